The first-order chi connectivity index (χ1) is 13.1. The average Bonchev–Trinajstić information content (AvgIpc) is 2.67. The van der Waals surface area contributed by atoms with E-state index < -0.39 is 8.56 Å². The second-order valence-corrected chi connectivity index (χ2v) is 11.6. The van der Waals surface area contributed by atoms with Crippen LogP contribution in [0.4, 0.5) is 0 Å². The second-order valence-electron chi connectivity index (χ2n) is 8.28. The van der Waals surface area contributed by atoms with E-state index in [0.717, 1.165) is 38.2 Å². The Labute approximate surface area is 168 Å². The first kappa shape index (κ1) is 22.7. The van der Waals surface area contributed by atoms with Gasteiger partial charge in [-0.15, -0.1) is 0 Å². The number of rotatable bonds is 10. The Hall–Kier alpha value is -0.593. The molecule has 0 heterocycles. The summed E-state index contributed by atoms with van der Waals surface area (Å²) in [6.45, 7) is 8.74. The van der Waals surface area contributed by atoms with Crippen molar-refractivity contribution in [3.63, 3.8) is 0 Å². The number of guanidine groups is 1. The molecule has 2 aliphatic rings. The molecule has 158 valence electrons. The van der Waals surface area contributed by atoms with E-state index in [0.29, 0.717) is 12.1 Å². The van der Waals surface area contributed by atoms with Gasteiger partial charge in [-0.3, -0.25) is 0 Å². The Bertz CT molecular complexity index is 416. The average molecular weight is 398 g/mol. The molecule has 0 aliphatic heterocycles. The normalized spacial score (nSPS) is 20.6. The lowest BCUT2D eigenvalue weighted by atomic mass is 9.95. The fourth-order valence-corrected chi connectivity index (χ4v) is 6.79. The van der Waals surface area contributed by atoms with Gasteiger partial charge >= 0.3 is 8.56 Å². The molecular weight excluding hydrogens is 354 g/mol. The van der Waals surface area contributed by atoms with Crippen LogP contribution in [0.2, 0.25) is 12.6 Å². The third-order valence-electron chi connectivity index (χ3n) is 5.83. The van der Waals surface area contributed by atoms with Gasteiger partial charge in [0.1, 0.15) is 0 Å². The number of nitrogens with zero attached hydrogens (tertiary/aromatic N) is 1. The van der Waals surface area contributed by atoms with Crippen LogP contribution in [0.25, 0.3) is 0 Å². The van der Waals surface area contributed by atoms with Gasteiger partial charge in [-0.2, -0.15) is 0 Å². The lowest BCUT2D eigenvalue weighted by molar-refractivity contribution is 0.188. The molecule has 0 saturated heterocycles. The van der Waals surface area contributed by atoms with Crippen LogP contribution in [0.3, 0.4) is 0 Å². The largest absolute Gasteiger partial charge is 0.395 e. The molecule has 5 nitrogen and oxygen atoms in total. The van der Waals surface area contributed by atoms with Crippen LogP contribution >= 0.6 is 0 Å². The first-order valence-electron chi connectivity index (χ1n) is 11.5. The van der Waals surface area contributed by atoms with Gasteiger partial charge in [-0.1, -0.05) is 38.5 Å². The van der Waals surface area contributed by atoms with Gasteiger partial charge in [0.2, 0.25) is 0 Å². The second kappa shape index (κ2) is 12.8. The highest BCUT2D eigenvalue weighted by molar-refractivity contribution is 6.66. The van der Waals surface area contributed by atoms with E-state index in [-0.39, 0.29) is 0 Å². The maximum absolute atomic E-state index is 5.96. The topological polar surface area (TPSA) is 54.9 Å². The molecule has 0 amide bonds. The van der Waals surface area contributed by atoms with Crippen molar-refractivity contribution < 1.29 is 8.85 Å². The highest BCUT2D eigenvalue weighted by Crippen LogP contribution is 2.21. The van der Waals surface area contributed by atoms with Crippen molar-refractivity contribution in [1.29, 1.82) is 0 Å². The minimum absolute atomic E-state index is 0.504. The summed E-state index contributed by atoms with van der Waals surface area (Å²) in [5, 5.41) is 7.36. The predicted octanol–water partition coefficient (Wildman–Crippen LogP) is 4.72. The van der Waals surface area contributed by atoms with Crippen molar-refractivity contribution in [3.05, 3.63) is 0 Å². The maximum Gasteiger partial charge on any atom is 0.334 e. The zero-order chi connectivity index (χ0) is 19.4. The lowest BCUT2D eigenvalue weighted by Crippen LogP contribution is -2.46. The summed E-state index contributed by atoms with van der Waals surface area (Å²) in [5.74, 6) is 1.05. The number of nitrogens with one attached hydrogen (secondary N) is 2. The van der Waals surface area contributed by atoms with Crippen molar-refractivity contribution in [2.45, 2.75) is 109 Å². The molecule has 2 saturated carbocycles. The van der Waals surface area contributed by atoms with Gasteiger partial charge in [-0.05, 0) is 58.5 Å². The highest BCUT2D eigenvalue weighted by Gasteiger charge is 2.29. The van der Waals surface area contributed by atoms with E-state index in [1.165, 1.54) is 64.2 Å². The Morgan fingerprint density at radius 3 is 2.11 bits per heavy atom. The van der Waals surface area contributed by atoms with Crippen molar-refractivity contribution in [2.24, 2.45) is 4.99 Å². The van der Waals surface area contributed by atoms with Crippen LogP contribution in [0.15, 0.2) is 4.99 Å². The Morgan fingerprint density at radius 2 is 1.52 bits per heavy atom. The van der Waals surface area contributed by atoms with Crippen LogP contribution in [0.5, 0.6) is 0 Å². The molecule has 2 fully saturated rings. The van der Waals surface area contributed by atoms with Crippen LogP contribution in [0, 0.1) is 0 Å². The summed E-state index contributed by atoms with van der Waals surface area (Å²) >= 11 is 0. The van der Waals surface area contributed by atoms with Crippen LogP contribution in [0.1, 0.15) is 84.5 Å². The summed E-state index contributed by atoms with van der Waals surface area (Å²) in [5.41, 5.74) is 0. The van der Waals surface area contributed by atoms with E-state index in [4.69, 9.17) is 13.8 Å². The quantitative estimate of drug-likeness (QED) is 0.242. The lowest BCUT2D eigenvalue weighted by Gasteiger charge is -2.28. The molecule has 0 bridgehead atoms. The first-order valence-corrected chi connectivity index (χ1v) is 14.0. The number of hydrogen-bond donors (Lipinski definition) is 2. The van der Waals surface area contributed by atoms with E-state index in [9.17, 15) is 0 Å². The van der Waals surface area contributed by atoms with E-state index >= 15 is 0 Å². The van der Waals surface area contributed by atoms with Gasteiger partial charge in [0.05, 0.1) is 6.04 Å². The molecule has 0 unspecified atom stereocenters. The Balaban J connectivity index is 1.83. The Morgan fingerprint density at radius 1 is 0.926 bits per heavy atom. The van der Waals surface area contributed by atoms with E-state index in [2.05, 4.69) is 31.0 Å². The van der Waals surface area contributed by atoms with E-state index in [1.807, 2.05) is 0 Å². The molecule has 2 N–H and O–H groups in total. The molecule has 0 aromatic carbocycles. The van der Waals surface area contributed by atoms with Gasteiger partial charge in [0.25, 0.3) is 0 Å². The van der Waals surface area contributed by atoms with Crippen LogP contribution < -0.4 is 10.6 Å². The molecular formula is C21H43N3O2Si. The molecule has 0 aromatic rings. The molecule has 0 spiro atoms. The third-order valence-corrected chi connectivity index (χ3v) is 8.89. The summed E-state index contributed by atoms with van der Waals surface area (Å²) in [4.78, 5) is 5.08. The fraction of sp³-hybridized carbons (Fsp3) is 0.952. The van der Waals surface area contributed by atoms with E-state index in [1.54, 1.807) is 0 Å². The molecule has 2 aliphatic carbocycles. The maximum atomic E-state index is 5.96. The summed E-state index contributed by atoms with van der Waals surface area (Å²) in [6, 6.07) is 2.13. The molecule has 6 heteroatoms. The van der Waals surface area contributed by atoms with Crippen LogP contribution in [-0.4, -0.2) is 46.4 Å². The molecule has 0 aromatic heterocycles. The minimum Gasteiger partial charge on any atom is -0.395 e. The smallest absolute Gasteiger partial charge is 0.334 e. The highest BCUT2D eigenvalue weighted by atomic mass is 28.4. The van der Waals surface area contributed by atoms with Gasteiger partial charge < -0.3 is 19.5 Å². The summed E-state index contributed by atoms with van der Waals surface area (Å²) in [6.07, 6.45) is 14.3. The van der Waals surface area contributed by atoms with Crippen molar-refractivity contribution in [1.82, 2.24) is 10.6 Å². The van der Waals surface area contributed by atoms with Crippen molar-refractivity contribution >= 4 is 14.5 Å². The SMILES string of the molecule is CCO[Si](C)(CCCN/C(=N\C1CCCCC1)NC1CCCCC1)OCC. The summed E-state index contributed by atoms with van der Waals surface area (Å²) < 4.78 is 11.9. The number of hydrogen-bond acceptors (Lipinski definition) is 3. The van der Waals surface area contributed by atoms with Gasteiger partial charge in [0, 0.05) is 25.8 Å². The molecule has 0 atom stereocenters. The predicted molar refractivity (Wildman–Crippen MR) is 117 cm³/mol. The fourth-order valence-electron chi connectivity index (χ4n) is 4.38. The minimum atomic E-state index is -2.01. The molecule has 2 rings (SSSR count). The zero-order valence-corrected chi connectivity index (χ0v) is 19.0. The van der Waals surface area contributed by atoms with Gasteiger partial charge in [0.15, 0.2) is 5.96 Å². The van der Waals surface area contributed by atoms with Crippen LogP contribution in [-0.2, 0) is 8.85 Å². The van der Waals surface area contributed by atoms with Crippen molar-refractivity contribution in [3.8, 4) is 0 Å². The molecule has 0 radical (unpaired) electrons. The number of aliphatic imine (C=N–C) groups is 1. The standard InChI is InChI=1S/C21H43N3O2Si/c1-4-25-27(3,26-5-2)18-12-17-22-21(23-19-13-8-6-9-14-19)24-20-15-10-7-11-16-20/h19-20H,4-18H2,1-3H3,(H2,22,23,24). The Kier molecular flexibility index (Phi) is 10.7. The van der Waals surface area contributed by atoms with Crippen molar-refractivity contribution in [2.75, 3.05) is 19.8 Å². The zero-order valence-electron chi connectivity index (χ0n) is 18.0. The molecule has 27 heavy (non-hydrogen) atoms. The van der Waals surface area contributed by atoms with Gasteiger partial charge in [-0.25, -0.2) is 4.99 Å². The third kappa shape index (κ3) is 8.96. The monoisotopic (exact) mass is 397 g/mol. The summed E-state index contributed by atoms with van der Waals surface area (Å²) in [7, 11) is -2.01.